The van der Waals surface area contributed by atoms with Gasteiger partial charge in [-0.25, -0.2) is 39.9 Å². The minimum Gasteiger partial charge on any atom is -0.457 e. The first-order valence-corrected chi connectivity index (χ1v) is 45.5. The van der Waals surface area contributed by atoms with Gasteiger partial charge in [-0.2, -0.15) is 0 Å². The number of aliphatic hydroxyl groups is 1. The predicted molar refractivity (Wildman–Crippen MR) is 566 cm³/mol. The average Bonchev–Trinajstić information content (AvgIpc) is 1.50. The van der Waals surface area contributed by atoms with E-state index in [-0.39, 0.29) is 18.9 Å². The van der Waals surface area contributed by atoms with Crippen LogP contribution in [0.3, 0.4) is 0 Å². The van der Waals surface area contributed by atoms with Crippen LogP contribution in [-0.4, -0.2) is 50.9 Å². The summed E-state index contributed by atoms with van der Waals surface area (Å²) in [6, 6.07) is 118. The van der Waals surface area contributed by atoms with Gasteiger partial charge in [-0.15, -0.1) is 11.3 Å². The van der Waals surface area contributed by atoms with Crippen LogP contribution in [0.2, 0.25) is 0 Å². The van der Waals surface area contributed by atoms with Crippen molar-refractivity contribution in [1.29, 1.82) is 0 Å². The zero-order chi connectivity index (χ0) is 99.4. The second kappa shape index (κ2) is 49.3. The first-order chi connectivity index (χ1) is 69.7. The van der Waals surface area contributed by atoms with Gasteiger partial charge >= 0.3 is 0 Å². The number of carbonyl (C=O) groups excluding carboxylic acids is 1. The highest BCUT2D eigenvalue weighted by Gasteiger charge is 2.17. The van der Waals surface area contributed by atoms with Gasteiger partial charge in [-0.3, -0.25) is 4.79 Å². The van der Waals surface area contributed by atoms with Gasteiger partial charge in [0.1, 0.15) is 56.8 Å². The number of thiazole rings is 1. The Kier molecular flexibility index (Phi) is 33.8. The van der Waals surface area contributed by atoms with Gasteiger partial charge in [0, 0.05) is 95.1 Å². The van der Waals surface area contributed by atoms with Crippen molar-refractivity contribution in [3.05, 3.63) is 448 Å². The molecule has 143 heavy (non-hydrogen) atoms. The molecule has 20 rings (SSSR count). The molecule has 0 bridgehead atoms. The standard InChI is InChI=1S/C23H19N3O2.C22H18N4O2.C19H17N3O2.C18H17N3O.C18H16N2O2.C14H11N3OS/c24-17-6-9-19(10-7-17)27-22-14-20(28-23-13-8-18(25)15-26-23)11-12-21(22)16-4-2-1-3-5-16;23-16-6-10-21(25-13-16)27-18-8-9-19(15-4-2-1-3-5-15)20(12-18)28-22-11-7-17(24)14-26-22;20-16-6-9-19(22-12-16)24-17-7-4-14(5-8-17)15-3-1-2-13(10-15)11-18(21)23;19-11-13-2-1-3-15(10-13)14-4-7-17(8-5-14)22-18-9-6-16(20)12-21-18;19-16-6-9-18(20-11-16)22-17-7-4-14(5-8-17)15-3-1-2-13(10-15)12-21;15-11-3-6-13(17-9-11)18-12-4-1-10(2-5-12)14-16-7-8-19-14/h1-15H,24-25H2;1-14H,23-24H2;1-10,12H,11,20H2,(H2,21,23);1-10,12H,11,19-20H2;1-11,21H,12,19H2;1-9H,15H2. The van der Waals surface area contributed by atoms with E-state index in [2.05, 4.69) is 52.0 Å². The third-order valence-electron chi connectivity index (χ3n) is 20.7. The third kappa shape index (κ3) is 30.0. The van der Waals surface area contributed by atoms with Crippen molar-refractivity contribution in [2.45, 2.75) is 19.6 Å². The van der Waals surface area contributed by atoms with E-state index < -0.39 is 0 Å². The molecule has 0 fully saturated rings. The second-order valence-corrected chi connectivity index (χ2v) is 32.4. The number of carbonyl (C=O) groups is 1. The lowest BCUT2D eigenvalue weighted by atomic mass is 10.0. The van der Waals surface area contributed by atoms with Crippen molar-refractivity contribution in [2.24, 2.45) is 11.5 Å². The molecule has 0 atom stereocenters. The van der Waals surface area contributed by atoms with Crippen molar-refractivity contribution in [2.75, 3.05) is 45.9 Å². The van der Waals surface area contributed by atoms with Gasteiger partial charge in [0.2, 0.25) is 47.1 Å². The van der Waals surface area contributed by atoms with Crippen molar-refractivity contribution >= 4 is 62.7 Å². The molecule has 1 amide bonds. The van der Waals surface area contributed by atoms with Gasteiger partial charge in [-0.1, -0.05) is 158 Å². The molecule has 0 unspecified atom stereocenters. The monoisotopic (exact) mass is 1910 g/mol. The number of rotatable bonds is 26. The first-order valence-electron chi connectivity index (χ1n) is 44.6. The maximum atomic E-state index is 11.0. The van der Waals surface area contributed by atoms with E-state index in [9.17, 15) is 9.90 Å². The van der Waals surface area contributed by atoms with E-state index in [0.717, 1.165) is 94.4 Å². The number of aromatic nitrogens is 8. The van der Waals surface area contributed by atoms with E-state index in [0.29, 0.717) is 133 Å². The number of nitrogens with zero attached hydrogens (tertiary/aromatic N) is 8. The number of anilines is 8. The van der Waals surface area contributed by atoms with Crippen LogP contribution < -0.4 is 95.2 Å². The number of nitrogen functional groups attached to an aromatic ring is 8. The van der Waals surface area contributed by atoms with Crippen LogP contribution in [0.15, 0.2) is 431 Å². The Morgan fingerprint density at radius 1 is 0.252 bits per heavy atom. The molecule has 0 radical (unpaired) electrons. The highest BCUT2D eigenvalue weighted by molar-refractivity contribution is 7.13. The molecule has 0 saturated heterocycles. The van der Waals surface area contributed by atoms with Crippen LogP contribution in [-0.2, 0) is 24.4 Å². The summed E-state index contributed by atoms with van der Waals surface area (Å²) in [4.78, 5) is 44.3. The SMILES string of the molecule is NC(=O)Cc1cccc(-c2ccc(Oc3ccc(N)cn3)cc2)c1.NCc1cccc(-c2ccc(Oc3ccc(N)cn3)cc2)c1.Nc1ccc(Oc2cc(Oc3ccc(N)cn3)ccc2-c2ccccc2)cc1.Nc1ccc(Oc2ccc(-c3cccc(CO)c3)cc2)nc1.Nc1ccc(Oc2ccc(-c3ccccc3)c(Oc3ccc(N)cn3)c2)nc1.Nc1ccc(Oc2ccc(-c3nccs3)cc2)nc1. The Labute approximate surface area is 829 Å². The van der Waals surface area contributed by atoms with E-state index in [1.165, 1.54) is 0 Å². The van der Waals surface area contributed by atoms with Crippen LogP contribution in [0.4, 0.5) is 45.5 Å². The number of hydrogen-bond donors (Lipinski definition) is 11. The molecule has 0 spiro atoms. The normalized spacial score (nSPS) is 10.4. The van der Waals surface area contributed by atoms with E-state index in [4.69, 9.17) is 95.2 Å². The maximum Gasteiger partial charge on any atom is 0.221 e. The maximum absolute atomic E-state index is 11.0. The van der Waals surface area contributed by atoms with Gasteiger partial charge in [0.05, 0.1) is 96.2 Å². The van der Waals surface area contributed by atoms with Gasteiger partial charge in [0.25, 0.3) is 0 Å². The third-order valence-corrected chi connectivity index (χ3v) is 21.5. The number of aliphatic hydroxyl groups excluding tert-OH is 1. The molecule has 0 aliphatic rings. The number of benzene rings is 12. The molecule has 8 aromatic heterocycles. The zero-order valence-electron chi connectivity index (χ0n) is 77.0. The highest BCUT2D eigenvalue weighted by atomic mass is 32.1. The lowest BCUT2D eigenvalue weighted by Crippen LogP contribution is -2.13. The fourth-order valence-corrected chi connectivity index (χ4v) is 14.3. The molecular weight excluding hydrogens is 1810 g/mol. The molecule has 28 nitrogen and oxygen atoms in total. The van der Waals surface area contributed by atoms with Crippen LogP contribution in [0, 0.1) is 0 Å². The molecule has 710 valence electrons. The first kappa shape index (κ1) is 98.0. The summed E-state index contributed by atoms with van der Waals surface area (Å²) in [7, 11) is 0. The second-order valence-electron chi connectivity index (χ2n) is 31.5. The molecule has 0 saturated carbocycles. The van der Waals surface area contributed by atoms with Gasteiger partial charge < -0.3 is 100 Å². The quantitative estimate of drug-likeness (QED) is 0.0224. The van der Waals surface area contributed by atoms with E-state index in [1.807, 2.05) is 266 Å². The van der Waals surface area contributed by atoms with Crippen LogP contribution in [0.1, 0.15) is 16.7 Å². The summed E-state index contributed by atoms with van der Waals surface area (Å²) in [5.74, 6) is 9.06. The Bertz CT molecular complexity index is 7110. The fourth-order valence-electron chi connectivity index (χ4n) is 13.6. The zero-order valence-corrected chi connectivity index (χ0v) is 77.8. The Balaban J connectivity index is 0.000000130. The lowest BCUT2D eigenvalue weighted by Gasteiger charge is -2.14. The van der Waals surface area contributed by atoms with Crippen LogP contribution in [0.5, 0.6) is 92.9 Å². The molecule has 29 heteroatoms. The summed E-state index contributed by atoms with van der Waals surface area (Å²) in [5.41, 5.74) is 75.3. The Morgan fingerprint density at radius 3 is 0.853 bits per heavy atom. The number of primary amides is 1. The number of ether oxygens (including phenoxy) is 8. The highest BCUT2D eigenvalue weighted by Crippen LogP contribution is 2.41. The molecule has 0 aliphatic carbocycles. The molecule has 20 aromatic rings. The lowest BCUT2D eigenvalue weighted by molar-refractivity contribution is -0.117. The summed E-state index contributed by atoms with van der Waals surface area (Å²) >= 11 is 1.61. The molecule has 12 aromatic carbocycles. The summed E-state index contributed by atoms with van der Waals surface area (Å²) in [5, 5.41) is 12.2. The molecular formula is C114H98N18O10S. The number of nitrogens with two attached hydrogens (primary N) is 10. The van der Waals surface area contributed by atoms with Crippen molar-refractivity contribution in [3.63, 3.8) is 0 Å². The Hall–Kier alpha value is -19.5. The summed E-state index contributed by atoms with van der Waals surface area (Å²) in [6.07, 6.45) is 12.9. The van der Waals surface area contributed by atoms with E-state index in [1.54, 1.807) is 164 Å². The summed E-state index contributed by atoms with van der Waals surface area (Å²) in [6.45, 7) is 0.579. The smallest absolute Gasteiger partial charge is 0.221 e. The minimum atomic E-state index is -0.341. The molecule has 8 heterocycles. The number of pyridine rings is 7. The van der Waals surface area contributed by atoms with Crippen LogP contribution >= 0.6 is 11.3 Å². The predicted octanol–water partition coefficient (Wildman–Crippen LogP) is 24.3. The molecule has 0 aliphatic heterocycles. The van der Waals surface area contributed by atoms with Crippen molar-refractivity contribution < 1.29 is 47.8 Å². The van der Waals surface area contributed by atoms with Gasteiger partial charge in [0.15, 0.2) is 0 Å². The number of amides is 1. The van der Waals surface area contributed by atoms with Gasteiger partial charge in [-0.05, 0) is 225 Å². The minimum absolute atomic E-state index is 0.0395. The van der Waals surface area contributed by atoms with Crippen LogP contribution in [0.25, 0.3) is 66.2 Å². The Morgan fingerprint density at radius 2 is 0.531 bits per heavy atom. The number of hydrogen-bond acceptors (Lipinski definition) is 28. The summed E-state index contributed by atoms with van der Waals surface area (Å²) < 4.78 is 46.5. The molecule has 21 N–H and O–H groups in total. The topological polar surface area (TPSA) is 474 Å². The van der Waals surface area contributed by atoms with E-state index >= 15 is 0 Å². The fraction of sp³-hybridized carbons (Fsp3) is 0.0263. The van der Waals surface area contributed by atoms with Crippen molar-refractivity contribution in [1.82, 2.24) is 39.9 Å². The largest absolute Gasteiger partial charge is 0.457 e. The average molecular weight is 1910 g/mol. The van der Waals surface area contributed by atoms with Crippen molar-refractivity contribution in [3.8, 4) is 159 Å².